The second kappa shape index (κ2) is 11.3. The SMILES string of the molecule is O=P(O)(O)OP(=O)(O)OP(=O)(O)OC[C@H]1O[C@@H](n2cnc3c(NCc4ccccc4O)ncnc32)[C@H](O)[C@@H]1O. The molecule has 0 aliphatic carbocycles. The van der Waals surface area contributed by atoms with E-state index in [2.05, 4.69) is 33.4 Å². The summed E-state index contributed by atoms with van der Waals surface area (Å²) < 4.78 is 52.6. The van der Waals surface area contributed by atoms with E-state index in [1.54, 1.807) is 18.2 Å². The molecule has 1 fully saturated rings. The van der Waals surface area contributed by atoms with Gasteiger partial charge >= 0.3 is 23.5 Å². The molecule has 0 radical (unpaired) electrons. The summed E-state index contributed by atoms with van der Waals surface area (Å²) in [5, 5.41) is 33.9. The van der Waals surface area contributed by atoms with E-state index in [4.69, 9.17) is 14.5 Å². The van der Waals surface area contributed by atoms with E-state index in [9.17, 15) is 38.8 Å². The van der Waals surface area contributed by atoms with Crippen molar-refractivity contribution in [3.63, 3.8) is 0 Å². The van der Waals surface area contributed by atoms with Gasteiger partial charge in [0, 0.05) is 12.1 Å². The van der Waals surface area contributed by atoms with Gasteiger partial charge in [-0.2, -0.15) is 8.62 Å². The number of phenols is 1. The van der Waals surface area contributed by atoms with Crippen LogP contribution >= 0.6 is 23.5 Å². The number of imidazole rings is 1. The third-order valence-corrected chi connectivity index (χ3v) is 9.03. The van der Waals surface area contributed by atoms with E-state index in [1.165, 1.54) is 23.3 Å². The Morgan fingerprint density at radius 3 is 2.38 bits per heavy atom. The molecule has 0 bridgehead atoms. The van der Waals surface area contributed by atoms with Crippen LogP contribution in [0.25, 0.3) is 11.2 Å². The van der Waals surface area contributed by atoms with Crippen LogP contribution < -0.4 is 5.32 Å². The van der Waals surface area contributed by atoms with Crippen LogP contribution in [0.2, 0.25) is 0 Å². The van der Waals surface area contributed by atoms with E-state index in [-0.39, 0.29) is 29.3 Å². The quantitative estimate of drug-likeness (QED) is 0.133. The maximum absolute atomic E-state index is 12.0. The van der Waals surface area contributed by atoms with Gasteiger partial charge in [-0.1, -0.05) is 18.2 Å². The Balaban J connectivity index is 1.45. The Morgan fingerprint density at radius 2 is 1.69 bits per heavy atom. The maximum Gasteiger partial charge on any atom is 0.490 e. The zero-order valence-electron chi connectivity index (χ0n) is 19.3. The average Bonchev–Trinajstić information content (AvgIpc) is 3.36. The number of phosphoric acid groups is 3. The minimum absolute atomic E-state index is 0.0690. The summed E-state index contributed by atoms with van der Waals surface area (Å²) in [5.74, 6) is 0.346. The molecule has 0 spiro atoms. The summed E-state index contributed by atoms with van der Waals surface area (Å²) in [6, 6.07) is 6.63. The van der Waals surface area contributed by atoms with Crippen molar-refractivity contribution in [1.29, 1.82) is 0 Å². The van der Waals surface area contributed by atoms with Crippen molar-refractivity contribution in [3.8, 4) is 5.75 Å². The largest absolute Gasteiger partial charge is 0.508 e. The van der Waals surface area contributed by atoms with Crippen molar-refractivity contribution in [2.24, 2.45) is 0 Å². The molecule has 2 unspecified atom stereocenters. The van der Waals surface area contributed by atoms with Gasteiger partial charge in [0.05, 0.1) is 12.9 Å². The second-order valence-corrected chi connectivity index (χ2v) is 12.4. The lowest BCUT2D eigenvalue weighted by atomic mass is 10.1. The standard InChI is InChI=1S/C17H22N5O14P3/c23-10-4-2-1-3-9(10)5-18-15-12-16(20-7-19-15)22(8-21-12)17-14(25)13(24)11(34-17)6-33-38(29,30)36-39(31,32)35-37(26,27)28/h1-4,7-8,11,13-14,17,23-25H,5-6H2,(H,29,30)(H,31,32)(H,18,19,20)(H2,26,27,28)/t11-,13-,14-,17-/m1/s1. The first kappa shape index (κ1) is 29.6. The maximum atomic E-state index is 12.0. The van der Waals surface area contributed by atoms with Gasteiger partial charge in [0.2, 0.25) is 0 Å². The molecular weight excluding hydrogens is 591 g/mol. The lowest BCUT2D eigenvalue weighted by Gasteiger charge is -2.19. The molecule has 22 heteroatoms. The average molecular weight is 613 g/mol. The molecule has 214 valence electrons. The molecule has 1 saturated heterocycles. The van der Waals surface area contributed by atoms with Crippen LogP contribution in [0.3, 0.4) is 0 Å². The van der Waals surface area contributed by atoms with E-state index in [0.717, 1.165) is 0 Å². The van der Waals surface area contributed by atoms with E-state index >= 15 is 0 Å². The first-order valence-electron chi connectivity index (χ1n) is 10.6. The predicted molar refractivity (Wildman–Crippen MR) is 126 cm³/mol. The number of nitrogens with zero attached hydrogens (tertiary/aromatic N) is 4. The number of ether oxygens (including phenoxy) is 1. The monoisotopic (exact) mass is 613 g/mol. The van der Waals surface area contributed by atoms with E-state index < -0.39 is 54.6 Å². The summed E-state index contributed by atoms with van der Waals surface area (Å²) in [7, 11) is -16.8. The van der Waals surface area contributed by atoms with Gasteiger partial charge in [0.1, 0.15) is 30.4 Å². The summed E-state index contributed by atoms with van der Waals surface area (Å²) in [4.78, 5) is 48.4. The number of rotatable bonds is 11. The van der Waals surface area contributed by atoms with Crippen molar-refractivity contribution in [3.05, 3.63) is 42.5 Å². The Labute approximate surface area is 218 Å². The van der Waals surface area contributed by atoms with Gasteiger partial charge < -0.3 is 44.9 Å². The third kappa shape index (κ3) is 7.25. The number of benzene rings is 1. The van der Waals surface area contributed by atoms with Gasteiger partial charge in [-0.3, -0.25) is 9.09 Å². The molecule has 2 aromatic heterocycles. The molecule has 3 aromatic rings. The number of hydrogen-bond acceptors (Lipinski definition) is 14. The number of aliphatic hydroxyl groups is 2. The van der Waals surface area contributed by atoms with Crippen LogP contribution in [0.1, 0.15) is 11.8 Å². The summed E-state index contributed by atoms with van der Waals surface area (Å²) in [6.45, 7) is -0.789. The van der Waals surface area contributed by atoms with Crippen molar-refractivity contribution in [2.45, 2.75) is 31.1 Å². The molecule has 6 atom stereocenters. The minimum atomic E-state index is -5.74. The lowest BCUT2D eigenvalue weighted by molar-refractivity contribution is -0.0503. The third-order valence-electron chi connectivity index (χ3n) is 5.23. The fraction of sp³-hybridized carbons (Fsp3) is 0.353. The van der Waals surface area contributed by atoms with Gasteiger partial charge in [-0.25, -0.2) is 28.6 Å². The molecule has 19 nitrogen and oxygen atoms in total. The number of fused-ring (bicyclic) bond motifs is 1. The normalized spacial score (nSPS) is 24.9. The number of phosphoric ester groups is 1. The van der Waals surface area contributed by atoms with Gasteiger partial charge in [-0.15, -0.1) is 0 Å². The summed E-state index contributed by atoms with van der Waals surface area (Å²) in [5.41, 5.74) is 0.990. The molecule has 1 aromatic carbocycles. The van der Waals surface area contributed by atoms with Crippen LogP contribution in [0, 0.1) is 0 Å². The Hall–Kier alpha value is -2.34. The number of hydrogen-bond donors (Lipinski definition) is 8. The fourth-order valence-corrected chi connectivity index (χ4v) is 6.60. The van der Waals surface area contributed by atoms with Crippen molar-refractivity contribution < 1.29 is 66.5 Å². The van der Waals surface area contributed by atoms with E-state index in [0.29, 0.717) is 5.56 Å². The number of aromatic nitrogens is 4. The topological polar surface area (TPSA) is 285 Å². The molecule has 1 aliphatic heterocycles. The number of aliphatic hydroxyl groups excluding tert-OH is 2. The van der Waals surface area contributed by atoms with Crippen LogP contribution in [0.5, 0.6) is 5.75 Å². The zero-order chi connectivity index (χ0) is 28.6. The highest BCUT2D eigenvalue weighted by Gasteiger charge is 2.47. The first-order valence-corrected chi connectivity index (χ1v) is 15.2. The van der Waals surface area contributed by atoms with E-state index in [1.807, 2.05) is 0 Å². The number of para-hydroxylation sites is 1. The molecule has 39 heavy (non-hydrogen) atoms. The molecule has 0 saturated carbocycles. The van der Waals surface area contributed by atoms with Crippen LogP contribution in [0.15, 0.2) is 36.9 Å². The van der Waals surface area contributed by atoms with Crippen LogP contribution in [-0.4, -0.2) is 79.3 Å². The van der Waals surface area contributed by atoms with Crippen molar-refractivity contribution >= 4 is 40.4 Å². The highest BCUT2D eigenvalue weighted by molar-refractivity contribution is 7.66. The summed E-state index contributed by atoms with van der Waals surface area (Å²) in [6.07, 6.45) is -3.74. The second-order valence-electron chi connectivity index (χ2n) is 7.96. The van der Waals surface area contributed by atoms with Gasteiger partial charge in [-0.05, 0) is 6.07 Å². The number of phenolic OH excluding ortho intramolecular Hbond substituents is 1. The molecule has 0 amide bonds. The number of aromatic hydroxyl groups is 1. The number of anilines is 1. The highest BCUT2D eigenvalue weighted by atomic mass is 31.3. The Morgan fingerprint density at radius 1 is 0.974 bits per heavy atom. The minimum Gasteiger partial charge on any atom is -0.508 e. The lowest BCUT2D eigenvalue weighted by Crippen LogP contribution is -2.33. The summed E-state index contributed by atoms with van der Waals surface area (Å²) >= 11 is 0. The number of nitrogens with one attached hydrogen (secondary N) is 1. The Bertz CT molecular complexity index is 1480. The van der Waals surface area contributed by atoms with Crippen molar-refractivity contribution in [1.82, 2.24) is 19.5 Å². The molecule has 3 heterocycles. The zero-order valence-corrected chi connectivity index (χ0v) is 22.0. The van der Waals surface area contributed by atoms with Gasteiger partial charge in [0.15, 0.2) is 23.2 Å². The molecule has 1 aliphatic rings. The predicted octanol–water partition coefficient (Wildman–Crippen LogP) is 0.106. The smallest absolute Gasteiger partial charge is 0.490 e. The van der Waals surface area contributed by atoms with Crippen molar-refractivity contribution in [2.75, 3.05) is 11.9 Å². The highest BCUT2D eigenvalue weighted by Crippen LogP contribution is 2.66. The Kier molecular flexibility index (Phi) is 8.56. The molecular formula is C17H22N5O14P3. The molecule has 8 N–H and O–H groups in total. The fourth-order valence-electron chi connectivity index (χ4n) is 3.57. The first-order chi connectivity index (χ1) is 18.2. The molecule has 4 rings (SSSR count). The van der Waals surface area contributed by atoms with Gasteiger partial charge in [0.25, 0.3) is 0 Å². The van der Waals surface area contributed by atoms with Crippen LogP contribution in [-0.2, 0) is 38.1 Å². The van der Waals surface area contributed by atoms with Crippen LogP contribution in [0.4, 0.5) is 5.82 Å².